The molecule has 0 aromatic carbocycles. The number of hydrogen-bond acceptors (Lipinski definition) is 2. The Labute approximate surface area is 106 Å². The molecule has 0 bridgehead atoms. The molecular formula is C13H26O3Si. The van der Waals surface area contributed by atoms with Gasteiger partial charge in [-0.15, -0.1) is 0 Å². The van der Waals surface area contributed by atoms with Crippen LogP contribution in [0.4, 0.5) is 0 Å². The first-order chi connectivity index (χ1) is 7.63. The molecule has 17 heavy (non-hydrogen) atoms. The third kappa shape index (κ3) is 3.81. The van der Waals surface area contributed by atoms with Crippen LogP contribution in [0, 0.1) is 5.92 Å². The smallest absolute Gasteiger partial charge is 0.306 e. The van der Waals surface area contributed by atoms with E-state index in [-0.39, 0.29) is 17.1 Å². The maximum atomic E-state index is 11.0. The van der Waals surface area contributed by atoms with Gasteiger partial charge < -0.3 is 9.53 Å². The minimum Gasteiger partial charge on any atom is -0.481 e. The highest BCUT2D eigenvalue weighted by Gasteiger charge is 2.40. The largest absolute Gasteiger partial charge is 0.481 e. The minimum atomic E-state index is -1.75. The predicted molar refractivity (Wildman–Crippen MR) is 71.7 cm³/mol. The second-order valence-corrected chi connectivity index (χ2v) is 11.5. The molecule has 1 rings (SSSR count). The Morgan fingerprint density at radius 2 is 1.88 bits per heavy atom. The summed E-state index contributed by atoms with van der Waals surface area (Å²) in [7, 11) is -1.75. The highest BCUT2D eigenvalue weighted by atomic mass is 28.4. The molecule has 1 saturated carbocycles. The molecule has 0 aromatic heterocycles. The number of carboxylic acid groups (broad SMARTS) is 1. The Morgan fingerprint density at radius 1 is 1.29 bits per heavy atom. The van der Waals surface area contributed by atoms with Crippen molar-refractivity contribution < 1.29 is 14.3 Å². The molecule has 3 nitrogen and oxygen atoms in total. The normalized spacial score (nSPS) is 26.9. The number of carbonyl (C=O) groups is 1. The molecule has 0 amide bonds. The van der Waals surface area contributed by atoms with E-state index in [1.54, 1.807) is 0 Å². The van der Waals surface area contributed by atoms with Crippen molar-refractivity contribution in [3.63, 3.8) is 0 Å². The summed E-state index contributed by atoms with van der Waals surface area (Å²) in [4.78, 5) is 11.0. The van der Waals surface area contributed by atoms with Crippen LogP contribution >= 0.6 is 0 Å². The van der Waals surface area contributed by atoms with Crippen molar-refractivity contribution in [3.8, 4) is 0 Å². The lowest BCUT2D eigenvalue weighted by atomic mass is 9.87. The SMILES string of the molecule is CC(C)(C)[Si](C)(C)O[C@H]1CCC[C@@H](C(=O)O)C1. The van der Waals surface area contributed by atoms with Gasteiger partial charge in [0.25, 0.3) is 0 Å². The van der Waals surface area contributed by atoms with Crippen LogP contribution in [0.5, 0.6) is 0 Å². The number of carboxylic acids is 1. The summed E-state index contributed by atoms with van der Waals surface area (Å²) in [6, 6.07) is 0. The van der Waals surface area contributed by atoms with Crippen molar-refractivity contribution in [2.45, 2.75) is 70.7 Å². The van der Waals surface area contributed by atoms with E-state index in [1.807, 2.05) is 0 Å². The average molecular weight is 258 g/mol. The summed E-state index contributed by atoms with van der Waals surface area (Å²) in [5, 5.41) is 9.27. The van der Waals surface area contributed by atoms with Crippen LogP contribution in [0.2, 0.25) is 18.1 Å². The Bertz CT molecular complexity index is 281. The van der Waals surface area contributed by atoms with E-state index in [0.29, 0.717) is 6.42 Å². The van der Waals surface area contributed by atoms with E-state index in [0.717, 1.165) is 19.3 Å². The van der Waals surface area contributed by atoms with Gasteiger partial charge in [0.05, 0.1) is 5.92 Å². The molecule has 0 aliphatic heterocycles. The van der Waals surface area contributed by atoms with Crippen molar-refractivity contribution in [3.05, 3.63) is 0 Å². The monoisotopic (exact) mass is 258 g/mol. The molecule has 2 atom stereocenters. The Hall–Kier alpha value is -0.353. The maximum absolute atomic E-state index is 11.0. The molecule has 0 saturated heterocycles. The maximum Gasteiger partial charge on any atom is 0.306 e. The van der Waals surface area contributed by atoms with Crippen molar-refractivity contribution in [1.29, 1.82) is 0 Å². The van der Waals surface area contributed by atoms with E-state index in [2.05, 4.69) is 33.9 Å². The number of hydrogen-bond donors (Lipinski definition) is 1. The van der Waals surface area contributed by atoms with Crippen molar-refractivity contribution in [2.75, 3.05) is 0 Å². The summed E-state index contributed by atoms with van der Waals surface area (Å²) >= 11 is 0. The van der Waals surface area contributed by atoms with Crippen LogP contribution in [0.1, 0.15) is 46.5 Å². The van der Waals surface area contributed by atoms with Crippen LogP contribution in [0.25, 0.3) is 0 Å². The highest BCUT2D eigenvalue weighted by molar-refractivity contribution is 6.74. The summed E-state index contributed by atoms with van der Waals surface area (Å²) in [5.41, 5.74) is 0. The van der Waals surface area contributed by atoms with E-state index in [1.165, 1.54) is 0 Å². The molecule has 0 unspecified atom stereocenters. The zero-order chi connectivity index (χ0) is 13.3. The highest BCUT2D eigenvalue weighted by Crippen LogP contribution is 2.39. The lowest BCUT2D eigenvalue weighted by Crippen LogP contribution is -2.45. The lowest BCUT2D eigenvalue weighted by Gasteiger charge is -2.41. The van der Waals surface area contributed by atoms with Crippen LogP contribution in [0.3, 0.4) is 0 Å². The van der Waals surface area contributed by atoms with Gasteiger partial charge in [-0.2, -0.15) is 0 Å². The van der Waals surface area contributed by atoms with E-state index >= 15 is 0 Å². The summed E-state index contributed by atoms with van der Waals surface area (Å²) in [5.74, 6) is -0.855. The molecule has 1 fully saturated rings. The van der Waals surface area contributed by atoms with E-state index in [4.69, 9.17) is 9.53 Å². The average Bonchev–Trinajstić information content (AvgIpc) is 2.15. The van der Waals surface area contributed by atoms with Crippen LogP contribution < -0.4 is 0 Å². The number of aliphatic carboxylic acids is 1. The minimum absolute atomic E-state index is 0.158. The van der Waals surface area contributed by atoms with Crippen molar-refractivity contribution in [2.24, 2.45) is 5.92 Å². The van der Waals surface area contributed by atoms with Gasteiger partial charge in [0, 0.05) is 6.10 Å². The first-order valence-electron chi connectivity index (χ1n) is 6.54. The van der Waals surface area contributed by atoms with Gasteiger partial charge in [-0.1, -0.05) is 27.2 Å². The third-order valence-electron chi connectivity index (χ3n) is 4.24. The van der Waals surface area contributed by atoms with Gasteiger partial charge in [0.15, 0.2) is 8.32 Å². The van der Waals surface area contributed by atoms with E-state index < -0.39 is 14.3 Å². The first-order valence-corrected chi connectivity index (χ1v) is 9.45. The van der Waals surface area contributed by atoms with Gasteiger partial charge >= 0.3 is 5.97 Å². The molecule has 0 aromatic rings. The third-order valence-corrected chi connectivity index (χ3v) is 8.78. The summed E-state index contributed by atoms with van der Waals surface area (Å²) in [6.07, 6.45) is 3.67. The zero-order valence-electron chi connectivity index (χ0n) is 11.7. The summed E-state index contributed by atoms with van der Waals surface area (Å²) < 4.78 is 6.30. The van der Waals surface area contributed by atoms with E-state index in [9.17, 15) is 4.79 Å². The molecule has 100 valence electrons. The van der Waals surface area contributed by atoms with Crippen molar-refractivity contribution >= 4 is 14.3 Å². The van der Waals surface area contributed by atoms with Crippen LogP contribution in [-0.4, -0.2) is 25.5 Å². The van der Waals surface area contributed by atoms with Gasteiger partial charge in [-0.3, -0.25) is 4.79 Å². The molecule has 0 spiro atoms. The molecule has 4 heteroatoms. The quantitative estimate of drug-likeness (QED) is 0.786. The Morgan fingerprint density at radius 3 is 2.35 bits per heavy atom. The topological polar surface area (TPSA) is 46.5 Å². The van der Waals surface area contributed by atoms with Crippen LogP contribution in [-0.2, 0) is 9.22 Å². The van der Waals surface area contributed by atoms with Gasteiger partial charge in [-0.05, 0) is 37.4 Å². The fourth-order valence-electron chi connectivity index (χ4n) is 2.07. The van der Waals surface area contributed by atoms with Crippen molar-refractivity contribution in [1.82, 2.24) is 0 Å². The zero-order valence-corrected chi connectivity index (χ0v) is 12.7. The molecule has 1 N–H and O–H groups in total. The first kappa shape index (κ1) is 14.7. The number of rotatable bonds is 3. The van der Waals surface area contributed by atoms with Gasteiger partial charge in [0.2, 0.25) is 0 Å². The van der Waals surface area contributed by atoms with Gasteiger partial charge in [0.1, 0.15) is 0 Å². The fourth-order valence-corrected chi connectivity index (χ4v) is 3.47. The molecule has 1 aliphatic carbocycles. The lowest BCUT2D eigenvalue weighted by molar-refractivity contribution is -0.144. The molecule has 0 radical (unpaired) electrons. The standard InChI is InChI=1S/C13H26O3Si/c1-13(2,3)17(4,5)16-11-8-6-7-10(9-11)12(14)15/h10-11H,6-9H2,1-5H3,(H,14,15)/t10-,11+/m1/s1. The molecule has 1 aliphatic rings. The predicted octanol–water partition coefficient (Wildman–Crippen LogP) is 3.65. The fraction of sp³-hybridized carbons (Fsp3) is 0.923. The second kappa shape index (κ2) is 5.10. The molecular weight excluding hydrogens is 232 g/mol. The summed E-state index contributed by atoms with van der Waals surface area (Å²) in [6.45, 7) is 11.1. The Balaban J connectivity index is 2.60. The van der Waals surface area contributed by atoms with Crippen LogP contribution in [0.15, 0.2) is 0 Å². The Kier molecular flexibility index (Phi) is 4.41. The van der Waals surface area contributed by atoms with Gasteiger partial charge in [-0.25, -0.2) is 0 Å². The second-order valence-electron chi connectivity index (χ2n) is 6.70. The molecule has 0 heterocycles.